The summed E-state index contributed by atoms with van der Waals surface area (Å²) in [7, 11) is -9.76. The third kappa shape index (κ3) is 41.7. The molecular formula is C44H72O14P2. The Morgan fingerprint density at radius 1 is 0.567 bits per heavy atom. The van der Waals surface area contributed by atoms with E-state index in [0.717, 1.165) is 51.4 Å². The minimum absolute atomic E-state index is 0.0359. The molecule has 4 atom stereocenters. The standard InChI is InChI=1S/C44H72O14P2/c1-3-5-7-9-11-13-15-17-18-20-22-24-26-28-30-34-44(48)58-42(39-57-60(52,53)56-37-41(46)36-55-59(49,50)51)38-54-43(47)35-31-33-40(45)32-29-27-25-23-21-19-16-14-12-10-8-6-4-2/h6,8,11-14,17-19,21-22,24-25,27,29,32,40-42,45-46H,3-5,7,9-10,15-16,20,23,26,28,30-31,33-39H2,1-2H3,(H,52,53)(H2,49,50,51)/b8-6-,13-11-,14-12-,18-17-,21-19-,24-22-,27-25-,32-29+/t40?,41-,42+/m0/s1. The summed E-state index contributed by atoms with van der Waals surface area (Å²) in [5.74, 6) is -1.29. The van der Waals surface area contributed by atoms with Gasteiger partial charge in [0.2, 0.25) is 0 Å². The number of carbonyl (C=O) groups is 2. The lowest BCUT2D eigenvalue weighted by Crippen LogP contribution is -2.30. The van der Waals surface area contributed by atoms with E-state index in [9.17, 15) is 33.8 Å². The predicted molar refractivity (Wildman–Crippen MR) is 236 cm³/mol. The second-order valence-corrected chi connectivity index (χ2v) is 16.4. The number of hydrogen-bond acceptors (Lipinski definition) is 11. The van der Waals surface area contributed by atoms with Gasteiger partial charge in [0.25, 0.3) is 0 Å². The first-order valence-corrected chi connectivity index (χ1v) is 24.1. The minimum atomic E-state index is -4.89. The fourth-order valence-electron chi connectivity index (χ4n) is 4.85. The van der Waals surface area contributed by atoms with Crippen LogP contribution >= 0.6 is 15.6 Å². The number of ether oxygens (including phenoxy) is 2. The first-order chi connectivity index (χ1) is 28.8. The highest BCUT2D eigenvalue weighted by Crippen LogP contribution is 2.43. The summed E-state index contributed by atoms with van der Waals surface area (Å²) in [6.45, 7) is 1.32. The van der Waals surface area contributed by atoms with Crippen LogP contribution in [0.5, 0.6) is 0 Å². The number of aliphatic hydroxyl groups is 2. The molecule has 60 heavy (non-hydrogen) atoms. The number of rotatable bonds is 38. The Balaban J connectivity index is 4.81. The maximum atomic E-state index is 12.6. The lowest BCUT2D eigenvalue weighted by atomic mass is 10.1. The number of phosphoric acid groups is 2. The summed E-state index contributed by atoms with van der Waals surface area (Å²) < 4.78 is 47.5. The van der Waals surface area contributed by atoms with Crippen LogP contribution in [-0.2, 0) is 41.8 Å². The Bertz CT molecular complexity index is 1440. The highest BCUT2D eigenvalue weighted by atomic mass is 31.2. The molecule has 0 aliphatic rings. The molecule has 0 amide bonds. The third-order valence-corrected chi connectivity index (χ3v) is 9.49. The lowest BCUT2D eigenvalue weighted by molar-refractivity contribution is -0.161. The third-order valence-electron chi connectivity index (χ3n) is 8.05. The summed E-state index contributed by atoms with van der Waals surface area (Å²) in [4.78, 5) is 52.6. The van der Waals surface area contributed by atoms with Crippen molar-refractivity contribution in [1.29, 1.82) is 0 Å². The number of esters is 2. The van der Waals surface area contributed by atoms with Crippen molar-refractivity contribution in [2.24, 2.45) is 0 Å². The monoisotopic (exact) mass is 886 g/mol. The van der Waals surface area contributed by atoms with Crippen molar-refractivity contribution in [1.82, 2.24) is 0 Å². The van der Waals surface area contributed by atoms with E-state index >= 15 is 0 Å². The van der Waals surface area contributed by atoms with Gasteiger partial charge in [-0.1, -0.05) is 124 Å². The van der Waals surface area contributed by atoms with Crippen LogP contribution in [0.25, 0.3) is 0 Å². The summed E-state index contributed by atoms with van der Waals surface area (Å²) >= 11 is 0. The first-order valence-electron chi connectivity index (χ1n) is 21.0. The zero-order valence-electron chi connectivity index (χ0n) is 35.6. The van der Waals surface area contributed by atoms with E-state index in [0.29, 0.717) is 25.7 Å². The van der Waals surface area contributed by atoms with Gasteiger partial charge in [0.15, 0.2) is 6.10 Å². The molecule has 0 saturated heterocycles. The Morgan fingerprint density at radius 2 is 1.08 bits per heavy atom. The summed E-state index contributed by atoms with van der Waals surface area (Å²) in [5.41, 5.74) is 0. The van der Waals surface area contributed by atoms with Crippen LogP contribution in [0.3, 0.4) is 0 Å². The molecule has 14 nitrogen and oxygen atoms in total. The van der Waals surface area contributed by atoms with E-state index in [-0.39, 0.29) is 12.8 Å². The van der Waals surface area contributed by atoms with E-state index in [1.54, 1.807) is 12.2 Å². The second kappa shape index (κ2) is 38.9. The number of aliphatic hydroxyl groups excluding tert-OH is 2. The van der Waals surface area contributed by atoms with Gasteiger partial charge in [0.1, 0.15) is 12.7 Å². The van der Waals surface area contributed by atoms with E-state index in [1.807, 2.05) is 18.2 Å². The maximum Gasteiger partial charge on any atom is 0.472 e. The van der Waals surface area contributed by atoms with Crippen molar-refractivity contribution < 1.29 is 66.7 Å². The van der Waals surface area contributed by atoms with Gasteiger partial charge in [0.05, 0.1) is 25.9 Å². The molecule has 0 aliphatic heterocycles. The van der Waals surface area contributed by atoms with Crippen LogP contribution < -0.4 is 0 Å². The average molecular weight is 887 g/mol. The number of hydrogen-bond donors (Lipinski definition) is 5. The Hall–Kier alpha value is -3.00. The Morgan fingerprint density at radius 3 is 1.67 bits per heavy atom. The van der Waals surface area contributed by atoms with Crippen molar-refractivity contribution in [3.05, 3.63) is 97.2 Å². The summed E-state index contributed by atoms with van der Waals surface area (Å²) in [6.07, 6.45) is 41.5. The molecule has 0 aromatic carbocycles. The molecule has 0 saturated carbocycles. The molecule has 0 spiro atoms. The average Bonchev–Trinajstić information content (AvgIpc) is 3.20. The van der Waals surface area contributed by atoms with Crippen molar-refractivity contribution in [3.8, 4) is 0 Å². The largest absolute Gasteiger partial charge is 0.472 e. The molecule has 0 bridgehead atoms. The maximum absolute atomic E-state index is 12.6. The molecule has 0 fully saturated rings. The van der Waals surface area contributed by atoms with Crippen LogP contribution in [0.4, 0.5) is 0 Å². The number of unbranched alkanes of at least 4 members (excludes halogenated alkanes) is 5. The van der Waals surface area contributed by atoms with Crippen molar-refractivity contribution in [2.45, 2.75) is 141 Å². The minimum Gasteiger partial charge on any atom is -0.462 e. The summed E-state index contributed by atoms with van der Waals surface area (Å²) in [5, 5.41) is 20.0. The Kier molecular flexibility index (Phi) is 36.9. The lowest BCUT2D eigenvalue weighted by Gasteiger charge is -2.20. The number of allylic oxidation sites excluding steroid dienone is 15. The molecule has 16 heteroatoms. The normalized spacial score (nSPS) is 15.5. The molecule has 0 radical (unpaired) electrons. The van der Waals surface area contributed by atoms with E-state index in [2.05, 4.69) is 89.7 Å². The van der Waals surface area contributed by atoms with Crippen LogP contribution in [0.2, 0.25) is 0 Å². The molecule has 0 heterocycles. The van der Waals surface area contributed by atoms with Gasteiger partial charge in [-0.25, -0.2) is 9.13 Å². The van der Waals surface area contributed by atoms with Gasteiger partial charge in [0, 0.05) is 12.8 Å². The predicted octanol–water partition coefficient (Wildman–Crippen LogP) is 9.53. The molecule has 5 N–H and O–H groups in total. The zero-order valence-corrected chi connectivity index (χ0v) is 37.4. The molecule has 342 valence electrons. The van der Waals surface area contributed by atoms with E-state index in [1.165, 1.54) is 19.3 Å². The molecular weight excluding hydrogens is 814 g/mol. The second-order valence-electron chi connectivity index (χ2n) is 13.7. The van der Waals surface area contributed by atoms with Crippen LogP contribution in [0.15, 0.2) is 97.2 Å². The SMILES string of the molecule is CC/C=C\C/C=C\C/C=C\C/C=C\C=C\C(O)CCCC(=O)OC[C@H](COP(=O)(O)OC[C@@H](O)COP(=O)(O)O)OC(=O)CCCC/C=C\C/C=C\C/C=C\CCCCC. The number of phosphoric ester groups is 2. The first kappa shape index (κ1) is 57.0. The van der Waals surface area contributed by atoms with Crippen molar-refractivity contribution in [2.75, 3.05) is 26.4 Å². The molecule has 0 rings (SSSR count). The summed E-state index contributed by atoms with van der Waals surface area (Å²) in [6, 6.07) is 0. The quantitative estimate of drug-likeness (QED) is 0.0128. The van der Waals surface area contributed by atoms with Crippen LogP contribution in [0, 0.1) is 0 Å². The van der Waals surface area contributed by atoms with E-state index < -0.39 is 72.3 Å². The van der Waals surface area contributed by atoms with Crippen LogP contribution in [0.1, 0.15) is 123 Å². The number of carbonyl (C=O) groups excluding carboxylic acids is 2. The Labute approximate surface area is 358 Å². The van der Waals surface area contributed by atoms with E-state index in [4.69, 9.17) is 23.8 Å². The van der Waals surface area contributed by atoms with Gasteiger partial charge in [-0.05, 0) is 83.5 Å². The molecule has 0 aromatic rings. The highest BCUT2D eigenvalue weighted by Gasteiger charge is 2.28. The topological polar surface area (TPSA) is 216 Å². The fraction of sp³-hybridized carbons (Fsp3) is 0.591. The zero-order chi connectivity index (χ0) is 44.6. The van der Waals surface area contributed by atoms with Gasteiger partial charge in [-0.15, -0.1) is 0 Å². The smallest absolute Gasteiger partial charge is 0.462 e. The molecule has 0 aromatic heterocycles. The molecule has 2 unspecified atom stereocenters. The van der Waals surface area contributed by atoms with Gasteiger partial charge in [-0.2, -0.15) is 0 Å². The van der Waals surface area contributed by atoms with Gasteiger partial charge >= 0.3 is 27.6 Å². The van der Waals surface area contributed by atoms with Crippen LogP contribution in [-0.4, -0.2) is 81.6 Å². The van der Waals surface area contributed by atoms with Crippen molar-refractivity contribution >= 4 is 27.6 Å². The molecule has 0 aliphatic carbocycles. The highest BCUT2D eigenvalue weighted by molar-refractivity contribution is 7.47. The fourth-order valence-corrected chi connectivity index (χ4v) is 6.01. The van der Waals surface area contributed by atoms with Gasteiger partial charge in [-0.3, -0.25) is 23.2 Å². The van der Waals surface area contributed by atoms with Crippen molar-refractivity contribution in [3.63, 3.8) is 0 Å². The van der Waals surface area contributed by atoms with Gasteiger partial charge < -0.3 is 34.4 Å².